The van der Waals surface area contributed by atoms with Crippen LogP contribution in [0, 0.1) is 0 Å². The average Bonchev–Trinajstić information content (AvgIpc) is 2.41. The number of halogens is 2. The molecular weight excluding hydrogens is 382 g/mol. The zero-order valence-corrected chi connectivity index (χ0v) is 13.5. The number of carboxylic acids is 1. The van der Waals surface area contributed by atoms with E-state index in [0.717, 1.165) is 4.47 Å². The van der Waals surface area contributed by atoms with E-state index in [1.807, 2.05) is 0 Å². The van der Waals surface area contributed by atoms with Crippen molar-refractivity contribution in [3.63, 3.8) is 0 Å². The first-order chi connectivity index (χ1) is 9.79. The molecule has 8 heteroatoms. The minimum Gasteiger partial charge on any atom is -0.478 e. The molecule has 0 unspecified atom stereocenters. The van der Waals surface area contributed by atoms with Gasteiger partial charge < -0.3 is 5.11 Å². The van der Waals surface area contributed by atoms with Crippen LogP contribution in [-0.2, 0) is 10.0 Å². The number of anilines is 1. The van der Waals surface area contributed by atoms with Gasteiger partial charge in [-0.3, -0.25) is 4.72 Å². The maximum Gasteiger partial charge on any atom is 0.337 e. The molecule has 0 saturated carbocycles. The Balaban J connectivity index is 2.35. The Kier molecular flexibility index (Phi) is 4.55. The summed E-state index contributed by atoms with van der Waals surface area (Å²) in [7, 11) is -3.79. The summed E-state index contributed by atoms with van der Waals surface area (Å²) in [6.07, 6.45) is 0. The lowest BCUT2D eigenvalue weighted by atomic mass is 10.2. The molecule has 0 aliphatic rings. The number of benzene rings is 2. The lowest BCUT2D eigenvalue weighted by molar-refractivity contribution is 0.0697. The van der Waals surface area contributed by atoms with E-state index in [9.17, 15) is 13.2 Å². The first-order valence-electron chi connectivity index (χ1n) is 5.61. The number of sulfonamides is 1. The number of hydrogen-bond donors (Lipinski definition) is 2. The van der Waals surface area contributed by atoms with Crippen molar-refractivity contribution in [2.45, 2.75) is 4.90 Å². The van der Waals surface area contributed by atoms with Gasteiger partial charge in [0.2, 0.25) is 0 Å². The highest BCUT2D eigenvalue weighted by Gasteiger charge is 2.16. The standard InChI is InChI=1S/C13H9BrClNO4S/c14-8-1-4-10(5-2-8)21(19,20)16-9-3-6-12(15)11(7-9)13(17)18/h1-7,16H,(H,17,18). The highest BCUT2D eigenvalue weighted by molar-refractivity contribution is 9.10. The second-order valence-corrected chi connectivity index (χ2v) is 7.06. The molecule has 0 atom stereocenters. The van der Waals surface area contributed by atoms with Crippen LogP contribution in [0.25, 0.3) is 0 Å². The van der Waals surface area contributed by atoms with Crippen LogP contribution in [0.4, 0.5) is 5.69 Å². The van der Waals surface area contributed by atoms with Crippen molar-refractivity contribution in [3.05, 3.63) is 57.5 Å². The van der Waals surface area contributed by atoms with Crippen molar-refractivity contribution in [1.82, 2.24) is 0 Å². The summed E-state index contributed by atoms with van der Waals surface area (Å²) in [6.45, 7) is 0. The van der Waals surface area contributed by atoms with Gasteiger partial charge in [-0.15, -0.1) is 0 Å². The molecule has 2 aromatic rings. The summed E-state index contributed by atoms with van der Waals surface area (Å²) < 4.78 is 27.4. The maximum atomic E-state index is 12.2. The fourth-order valence-electron chi connectivity index (χ4n) is 1.58. The van der Waals surface area contributed by atoms with Crippen molar-refractivity contribution < 1.29 is 18.3 Å². The van der Waals surface area contributed by atoms with Crippen molar-refractivity contribution >= 4 is 49.2 Å². The molecule has 2 N–H and O–H groups in total. The minimum atomic E-state index is -3.79. The number of aromatic carboxylic acids is 1. The van der Waals surface area contributed by atoms with E-state index in [0.29, 0.717) is 0 Å². The minimum absolute atomic E-state index is 0.0362. The Morgan fingerprint density at radius 3 is 2.33 bits per heavy atom. The molecule has 2 rings (SSSR count). The van der Waals surface area contributed by atoms with Crippen LogP contribution in [0.3, 0.4) is 0 Å². The Labute approximate surface area is 134 Å². The molecule has 0 amide bonds. The molecule has 0 fully saturated rings. The van der Waals surface area contributed by atoms with E-state index < -0.39 is 16.0 Å². The molecule has 0 aliphatic carbocycles. The third kappa shape index (κ3) is 3.75. The Morgan fingerprint density at radius 2 is 1.76 bits per heavy atom. The SMILES string of the molecule is O=C(O)c1cc(NS(=O)(=O)c2ccc(Br)cc2)ccc1Cl. The van der Waals surface area contributed by atoms with Gasteiger partial charge in [-0.25, -0.2) is 13.2 Å². The van der Waals surface area contributed by atoms with Gasteiger partial charge in [0.15, 0.2) is 0 Å². The van der Waals surface area contributed by atoms with Crippen LogP contribution < -0.4 is 4.72 Å². The zero-order valence-electron chi connectivity index (χ0n) is 10.4. The summed E-state index contributed by atoms with van der Waals surface area (Å²) in [4.78, 5) is 11.0. The van der Waals surface area contributed by atoms with Gasteiger partial charge in [0.1, 0.15) is 0 Å². The van der Waals surface area contributed by atoms with E-state index in [1.165, 1.54) is 30.3 Å². The number of carbonyl (C=O) groups is 1. The monoisotopic (exact) mass is 389 g/mol. The predicted octanol–water partition coefficient (Wildman–Crippen LogP) is 3.60. The van der Waals surface area contributed by atoms with Crippen LogP contribution in [0.1, 0.15) is 10.4 Å². The topological polar surface area (TPSA) is 83.5 Å². The predicted molar refractivity (Wildman–Crippen MR) is 83.4 cm³/mol. The molecule has 0 radical (unpaired) electrons. The largest absolute Gasteiger partial charge is 0.478 e. The fraction of sp³-hybridized carbons (Fsp3) is 0. The maximum absolute atomic E-state index is 12.2. The van der Waals surface area contributed by atoms with Gasteiger partial charge in [0.05, 0.1) is 15.5 Å². The van der Waals surface area contributed by atoms with Crippen molar-refractivity contribution in [2.75, 3.05) is 4.72 Å². The molecule has 0 heterocycles. The molecule has 21 heavy (non-hydrogen) atoms. The molecule has 0 aliphatic heterocycles. The molecule has 5 nitrogen and oxygen atoms in total. The van der Waals surface area contributed by atoms with Crippen molar-refractivity contribution in [3.8, 4) is 0 Å². The van der Waals surface area contributed by atoms with Crippen LogP contribution in [0.2, 0.25) is 5.02 Å². The number of rotatable bonds is 4. The van der Waals surface area contributed by atoms with Gasteiger partial charge in [-0.1, -0.05) is 27.5 Å². The van der Waals surface area contributed by atoms with E-state index in [-0.39, 0.29) is 21.2 Å². The summed E-state index contributed by atoms with van der Waals surface area (Å²) in [5.41, 5.74) is -0.0487. The first-order valence-corrected chi connectivity index (χ1v) is 8.26. The third-order valence-corrected chi connectivity index (χ3v) is 4.83. The Morgan fingerprint density at radius 1 is 1.14 bits per heavy atom. The lowest BCUT2D eigenvalue weighted by Crippen LogP contribution is -2.13. The van der Waals surface area contributed by atoms with E-state index in [1.54, 1.807) is 12.1 Å². The van der Waals surface area contributed by atoms with Crippen molar-refractivity contribution in [1.29, 1.82) is 0 Å². The van der Waals surface area contributed by atoms with Gasteiger partial charge in [0, 0.05) is 10.2 Å². The van der Waals surface area contributed by atoms with E-state index in [4.69, 9.17) is 16.7 Å². The third-order valence-electron chi connectivity index (χ3n) is 2.57. The highest BCUT2D eigenvalue weighted by atomic mass is 79.9. The molecule has 0 bridgehead atoms. The fourth-order valence-corrected chi connectivity index (χ4v) is 3.09. The van der Waals surface area contributed by atoms with Gasteiger partial charge in [-0.05, 0) is 42.5 Å². The summed E-state index contributed by atoms with van der Waals surface area (Å²) in [6, 6.07) is 9.94. The van der Waals surface area contributed by atoms with Crippen molar-refractivity contribution in [2.24, 2.45) is 0 Å². The van der Waals surface area contributed by atoms with E-state index >= 15 is 0 Å². The Hall–Kier alpha value is -1.57. The number of hydrogen-bond acceptors (Lipinski definition) is 3. The summed E-state index contributed by atoms with van der Waals surface area (Å²) in [5, 5.41) is 9.01. The number of carboxylic acid groups (broad SMARTS) is 1. The molecule has 0 aromatic heterocycles. The lowest BCUT2D eigenvalue weighted by Gasteiger charge is -2.09. The van der Waals surface area contributed by atoms with Gasteiger partial charge in [-0.2, -0.15) is 0 Å². The molecule has 110 valence electrons. The van der Waals surface area contributed by atoms with Gasteiger partial charge in [0.25, 0.3) is 10.0 Å². The number of nitrogens with one attached hydrogen (secondary N) is 1. The van der Waals surface area contributed by atoms with Crippen LogP contribution in [-0.4, -0.2) is 19.5 Å². The molecule has 0 spiro atoms. The summed E-state index contributed by atoms with van der Waals surface area (Å²) >= 11 is 8.95. The van der Waals surface area contributed by atoms with Crippen LogP contribution in [0.15, 0.2) is 51.8 Å². The molecule has 0 saturated heterocycles. The average molecular weight is 391 g/mol. The summed E-state index contributed by atoms with van der Waals surface area (Å²) in [5.74, 6) is -1.23. The first kappa shape index (κ1) is 15.8. The normalized spacial score (nSPS) is 11.1. The molecule has 2 aromatic carbocycles. The van der Waals surface area contributed by atoms with E-state index in [2.05, 4.69) is 20.7 Å². The molecular formula is C13H9BrClNO4S. The second-order valence-electron chi connectivity index (χ2n) is 4.06. The van der Waals surface area contributed by atoms with Gasteiger partial charge >= 0.3 is 5.97 Å². The quantitative estimate of drug-likeness (QED) is 0.835. The highest BCUT2D eigenvalue weighted by Crippen LogP contribution is 2.23. The van der Waals surface area contributed by atoms with Crippen LogP contribution >= 0.6 is 27.5 Å². The zero-order chi connectivity index (χ0) is 15.6. The Bertz CT molecular complexity index is 790. The second kappa shape index (κ2) is 6.05. The smallest absolute Gasteiger partial charge is 0.337 e. The van der Waals surface area contributed by atoms with Crippen LogP contribution in [0.5, 0.6) is 0 Å².